The normalized spacial score (nSPS) is 18.6. The molecule has 0 saturated carbocycles. The lowest BCUT2D eigenvalue weighted by Crippen LogP contribution is -2.32. The summed E-state index contributed by atoms with van der Waals surface area (Å²) in [6, 6.07) is 7.89. The van der Waals surface area contributed by atoms with Crippen LogP contribution >= 0.6 is 11.9 Å². The Morgan fingerprint density at radius 1 is 1.33 bits per heavy atom. The summed E-state index contributed by atoms with van der Waals surface area (Å²) in [5.41, 5.74) is 1.01. The van der Waals surface area contributed by atoms with Crippen molar-refractivity contribution in [2.75, 3.05) is 5.32 Å². The van der Waals surface area contributed by atoms with Crippen molar-refractivity contribution in [2.24, 2.45) is 10.1 Å². The number of benzene rings is 1. The van der Waals surface area contributed by atoms with E-state index in [1.165, 1.54) is 11.9 Å². The minimum atomic E-state index is -0.0913. The second-order valence-electron chi connectivity index (χ2n) is 3.01. The highest BCUT2D eigenvalue weighted by Crippen LogP contribution is 2.16. The standard InChI is InChI=1S/C10H12N4S/c11-15-9-4-2-8(3-5-9)14-10-12-6-1-7-13-10/h1-7,10,12,14H,11H2. The van der Waals surface area contributed by atoms with Gasteiger partial charge in [-0.3, -0.25) is 5.14 Å². The monoisotopic (exact) mass is 220 g/mol. The molecule has 1 heterocycles. The van der Waals surface area contributed by atoms with Crippen LogP contribution in [0.25, 0.3) is 0 Å². The maximum Gasteiger partial charge on any atom is 0.193 e. The number of nitrogens with zero attached hydrogens (tertiary/aromatic N) is 1. The van der Waals surface area contributed by atoms with E-state index in [0.717, 1.165) is 10.6 Å². The lowest BCUT2D eigenvalue weighted by Gasteiger charge is -2.17. The van der Waals surface area contributed by atoms with Crippen molar-refractivity contribution in [2.45, 2.75) is 11.2 Å². The van der Waals surface area contributed by atoms with Crippen LogP contribution in [0.4, 0.5) is 5.69 Å². The number of hydrogen-bond donors (Lipinski definition) is 3. The van der Waals surface area contributed by atoms with Crippen LogP contribution in [0.15, 0.2) is 46.4 Å². The number of anilines is 1. The van der Waals surface area contributed by atoms with Gasteiger partial charge in [0.2, 0.25) is 0 Å². The molecule has 1 aromatic carbocycles. The second-order valence-corrected chi connectivity index (χ2v) is 3.72. The highest BCUT2D eigenvalue weighted by molar-refractivity contribution is 7.97. The van der Waals surface area contributed by atoms with E-state index in [9.17, 15) is 0 Å². The van der Waals surface area contributed by atoms with E-state index >= 15 is 0 Å². The molecule has 1 aromatic rings. The van der Waals surface area contributed by atoms with Crippen molar-refractivity contribution >= 4 is 23.8 Å². The maximum atomic E-state index is 5.44. The molecule has 0 aromatic heterocycles. The number of aliphatic imine (C=N–C) groups is 1. The first-order valence-corrected chi connectivity index (χ1v) is 5.44. The van der Waals surface area contributed by atoms with Crippen LogP contribution in [0.5, 0.6) is 0 Å². The fourth-order valence-electron chi connectivity index (χ4n) is 1.24. The van der Waals surface area contributed by atoms with Gasteiger partial charge in [-0.1, -0.05) is 0 Å². The van der Waals surface area contributed by atoms with Crippen molar-refractivity contribution in [3.05, 3.63) is 36.5 Å². The zero-order valence-electron chi connectivity index (χ0n) is 8.05. The molecule has 78 valence electrons. The minimum absolute atomic E-state index is 0.0913. The van der Waals surface area contributed by atoms with Gasteiger partial charge in [0.25, 0.3) is 0 Å². The van der Waals surface area contributed by atoms with Crippen molar-refractivity contribution in [3.8, 4) is 0 Å². The van der Waals surface area contributed by atoms with E-state index < -0.39 is 0 Å². The van der Waals surface area contributed by atoms with Crippen molar-refractivity contribution in [1.29, 1.82) is 0 Å². The Hall–Kier alpha value is -1.46. The van der Waals surface area contributed by atoms with Crippen LogP contribution in [-0.4, -0.2) is 12.5 Å². The van der Waals surface area contributed by atoms with Crippen LogP contribution in [0.3, 0.4) is 0 Å². The fourth-order valence-corrected chi connectivity index (χ4v) is 1.53. The van der Waals surface area contributed by atoms with E-state index in [4.69, 9.17) is 5.14 Å². The predicted octanol–water partition coefficient (Wildman–Crippen LogP) is 1.54. The average Bonchev–Trinajstić information content (AvgIpc) is 2.31. The first kappa shape index (κ1) is 10.1. The van der Waals surface area contributed by atoms with Crippen LogP contribution in [0.1, 0.15) is 0 Å². The molecule has 0 bridgehead atoms. The third-order valence-electron chi connectivity index (χ3n) is 1.97. The third-order valence-corrected chi connectivity index (χ3v) is 2.51. The number of nitrogens with one attached hydrogen (secondary N) is 2. The molecule has 0 aliphatic carbocycles. The second kappa shape index (κ2) is 4.86. The Kier molecular flexibility index (Phi) is 3.26. The van der Waals surface area contributed by atoms with Gasteiger partial charge < -0.3 is 10.6 Å². The topological polar surface area (TPSA) is 62.4 Å². The molecular formula is C10H12N4S. The zero-order chi connectivity index (χ0) is 10.5. The molecule has 1 unspecified atom stereocenters. The average molecular weight is 220 g/mol. The summed E-state index contributed by atoms with van der Waals surface area (Å²) < 4.78 is 0. The predicted molar refractivity (Wildman–Crippen MR) is 64.7 cm³/mol. The van der Waals surface area contributed by atoms with Gasteiger partial charge in [-0.05, 0) is 42.3 Å². The Morgan fingerprint density at radius 3 is 2.73 bits per heavy atom. The Balaban J connectivity index is 1.98. The summed E-state index contributed by atoms with van der Waals surface area (Å²) in [6.07, 6.45) is 5.38. The highest BCUT2D eigenvalue weighted by atomic mass is 32.2. The summed E-state index contributed by atoms with van der Waals surface area (Å²) >= 11 is 1.24. The van der Waals surface area contributed by atoms with Gasteiger partial charge >= 0.3 is 0 Å². The van der Waals surface area contributed by atoms with Gasteiger partial charge in [-0.2, -0.15) is 0 Å². The molecule has 4 N–H and O–H groups in total. The van der Waals surface area contributed by atoms with Gasteiger partial charge in [0.15, 0.2) is 6.29 Å². The highest BCUT2D eigenvalue weighted by Gasteiger charge is 2.03. The molecule has 4 nitrogen and oxygen atoms in total. The summed E-state index contributed by atoms with van der Waals surface area (Å²) in [7, 11) is 0. The van der Waals surface area contributed by atoms with Gasteiger partial charge in [0.1, 0.15) is 0 Å². The summed E-state index contributed by atoms with van der Waals surface area (Å²) in [4.78, 5) is 5.25. The van der Waals surface area contributed by atoms with E-state index in [2.05, 4.69) is 15.6 Å². The quantitative estimate of drug-likeness (QED) is 0.676. The molecule has 1 atom stereocenters. The third kappa shape index (κ3) is 2.74. The molecule has 0 saturated heterocycles. The molecule has 1 aliphatic rings. The van der Waals surface area contributed by atoms with Gasteiger partial charge in [0, 0.05) is 23.0 Å². The van der Waals surface area contributed by atoms with E-state index in [1.807, 2.05) is 36.5 Å². The van der Waals surface area contributed by atoms with Crippen LogP contribution < -0.4 is 15.8 Å². The molecule has 0 radical (unpaired) electrons. The van der Waals surface area contributed by atoms with Gasteiger partial charge in [-0.15, -0.1) is 0 Å². The first-order chi connectivity index (χ1) is 7.38. The van der Waals surface area contributed by atoms with Crippen LogP contribution in [-0.2, 0) is 0 Å². The molecule has 1 aliphatic heterocycles. The largest absolute Gasteiger partial charge is 0.353 e. The minimum Gasteiger partial charge on any atom is -0.353 e. The maximum absolute atomic E-state index is 5.44. The zero-order valence-corrected chi connectivity index (χ0v) is 8.87. The molecule has 5 heteroatoms. The van der Waals surface area contributed by atoms with Crippen molar-refractivity contribution < 1.29 is 0 Å². The molecular weight excluding hydrogens is 208 g/mol. The molecule has 15 heavy (non-hydrogen) atoms. The molecule has 0 amide bonds. The lowest BCUT2D eigenvalue weighted by atomic mass is 10.3. The van der Waals surface area contributed by atoms with Crippen molar-refractivity contribution in [1.82, 2.24) is 5.32 Å². The molecule has 0 spiro atoms. The van der Waals surface area contributed by atoms with E-state index in [0.29, 0.717) is 0 Å². The van der Waals surface area contributed by atoms with E-state index in [-0.39, 0.29) is 6.29 Å². The Morgan fingerprint density at radius 2 is 2.13 bits per heavy atom. The number of allylic oxidation sites excluding steroid dienone is 1. The van der Waals surface area contributed by atoms with E-state index in [1.54, 1.807) is 6.21 Å². The van der Waals surface area contributed by atoms with Gasteiger partial charge in [-0.25, -0.2) is 4.99 Å². The molecule has 0 fully saturated rings. The van der Waals surface area contributed by atoms with Gasteiger partial charge in [0.05, 0.1) is 0 Å². The summed E-state index contributed by atoms with van der Waals surface area (Å²) in [6.45, 7) is 0. The molecule has 2 rings (SSSR count). The summed E-state index contributed by atoms with van der Waals surface area (Å²) in [5.74, 6) is 0. The van der Waals surface area contributed by atoms with Crippen LogP contribution in [0, 0.1) is 0 Å². The fraction of sp³-hybridized carbons (Fsp3) is 0.100. The SMILES string of the molecule is NSc1ccc(NC2N=CC=CN2)cc1. The number of nitrogens with two attached hydrogens (primary N) is 1. The summed E-state index contributed by atoms with van der Waals surface area (Å²) in [5, 5.41) is 11.7. The Labute approximate surface area is 92.8 Å². The smallest absolute Gasteiger partial charge is 0.193 e. The first-order valence-electron chi connectivity index (χ1n) is 4.56. The van der Waals surface area contributed by atoms with Crippen LogP contribution in [0.2, 0.25) is 0 Å². The lowest BCUT2D eigenvalue weighted by molar-refractivity contribution is 0.684. The number of rotatable bonds is 3. The number of hydrogen-bond acceptors (Lipinski definition) is 5. The Bertz CT molecular complexity index is 372. The van der Waals surface area contributed by atoms with Crippen molar-refractivity contribution in [3.63, 3.8) is 0 Å².